The van der Waals surface area contributed by atoms with Crippen molar-refractivity contribution in [1.29, 1.82) is 0 Å². The highest BCUT2D eigenvalue weighted by atomic mass is 16.1. The van der Waals surface area contributed by atoms with Gasteiger partial charge >= 0.3 is 5.69 Å². The largest absolute Gasteiger partial charge is 0.333 e. The van der Waals surface area contributed by atoms with Crippen LogP contribution in [0.15, 0.2) is 29.7 Å². The first-order valence-corrected chi connectivity index (χ1v) is 6.39. The predicted octanol–water partition coefficient (Wildman–Crippen LogP) is 1.89. The van der Waals surface area contributed by atoms with Gasteiger partial charge in [0.1, 0.15) is 0 Å². The highest BCUT2D eigenvalue weighted by Crippen LogP contribution is 2.04. The van der Waals surface area contributed by atoms with Crippen LogP contribution in [0.3, 0.4) is 0 Å². The molecular formula is C13H20N4O. The summed E-state index contributed by atoms with van der Waals surface area (Å²) in [6, 6.07) is 0.194. The van der Waals surface area contributed by atoms with Gasteiger partial charge in [-0.3, -0.25) is 9.13 Å². The lowest BCUT2D eigenvalue weighted by Gasteiger charge is -2.07. The molecule has 0 atom stereocenters. The molecule has 0 unspecified atom stereocenters. The molecule has 0 aliphatic rings. The summed E-state index contributed by atoms with van der Waals surface area (Å²) in [5.41, 5.74) is 1.11. The Morgan fingerprint density at radius 1 is 1.28 bits per heavy atom. The Labute approximate surface area is 107 Å². The van der Waals surface area contributed by atoms with Gasteiger partial charge in [0.05, 0.1) is 18.6 Å². The SMILES string of the molecule is CCCn1cncc1Cn1ccn(C(C)C)c1=O. The molecule has 0 aliphatic carbocycles. The fourth-order valence-corrected chi connectivity index (χ4v) is 2.04. The monoisotopic (exact) mass is 248 g/mol. The second-order valence-electron chi connectivity index (χ2n) is 4.79. The van der Waals surface area contributed by atoms with Crippen LogP contribution in [0.4, 0.5) is 0 Å². The number of nitrogens with zero attached hydrogens (tertiary/aromatic N) is 4. The van der Waals surface area contributed by atoms with E-state index < -0.39 is 0 Å². The molecule has 0 aromatic carbocycles. The van der Waals surface area contributed by atoms with Crippen LogP contribution in [0.1, 0.15) is 38.9 Å². The summed E-state index contributed by atoms with van der Waals surface area (Å²) in [5.74, 6) is 0. The third-order valence-corrected chi connectivity index (χ3v) is 3.03. The molecule has 18 heavy (non-hydrogen) atoms. The van der Waals surface area contributed by atoms with Crippen LogP contribution in [0, 0.1) is 0 Å². The number of aryl methyl sites for hydroxylation is 1. The van der Waals surface area contributed by atoms with Crippen LogP contribution >= 0.6 is 0 Å². The normalized spacial score (nSPS) is 11.3. The first-order chi connectivity index (χ1) is 8.63. The van der Waals surface area contributed by atoms with E-state index in [0.29, 0.717) is 6.54 Å². The van der Waals surface area contributed by atoms with Crippen LogP contribution in [0.5, 0.6) is 0 Å². The third kappa shape index (κ3) is 2.39. The van der Waals surface area contributed by atoms with Crippen molar-refractivity contribution in [2.75, 3.05) is 0 Å². The van der Waals surface area contributed by atoms with Gasteiger partial charge in [-0.2, -0.15) is 0 Å². The van der Waals surface area contributed by atoms with Crippen molar-refractivity contribution < 1.29 is 0 Å². The molecular weight excluding hydrogens is 228 g/mol. The van der Waals surface area contributed by atoms with Crippen molar-refractivity contribution in [1.82, 2.24) is 18.7 Å². The van der Waals surface area contributed by atoms with Gasteiger partial charge < -0.3 is 4.57 Å². The van der Waals surface area contributed by atoms with Gasteiger partial charge in [-0.05, 0) is 20.3 Å². The third-order valence-electron chi connectivity index (χ3n) is 3.03. The summed E-state index contributed by atoms with van der Waals surface area (Å²) in [6.07, 6.45) is 8.39. The van der Waals surface area contributed by atoms with Gasteiger partial charge in [-0.1, -0.05) is 6.92 Å². The van der Waals surface area contributed by atoms with Crippen LogP contribution in [0.2, 0.25) is 0 Å². The standard InChI is InChI=1S/C13H20N4O/c1-4-5-16-10-14-8-12(16)9-15-6-7-17(11(2)3)13(15)18/h6-8,10-11H,4-5,9H2,1-3H3. The molecule has 0 aliphatic heterocycles. The van der Waals surface area contributed by atoms with Crippen molar-refractivity contribution in [3.63, 3.8) is 0 Å². The molecule has 2 heterocycles. The molecule has 0 saturated heterocycles. The lowest BCUT2D eigenvalue weighted by atomic mass is 10.4. The van der Waals surface area contributed by atoms with E-state index in [2.05, 4.69) is 16.5 Å². The van der Waals surface area contributed by atoms with Crippen molar-refractivity contribution in [2.45, 2.75) is 46.3 Å². The van der Waals surface area contributed by atoms with Gasteiger partial charge in [0.25, 0.3) is 0 Å². The Hall–Kier alpha value is -1.78. The van der Waals surface area contributed by atoms with Gasteiger partial charge in [0.15, 0.2) is 0 Å². The van der Waals surface area contributed by atoms with E-state index in [0.717, 1.165) is 18.7 Å². The molecule has 0 saturated carbocycles. The van der Waals surface area contributed by atoms with Crippen LogP contribution in [0.25, 0.3) is 0 Å². The van der Waals surface area contributed by atoms with E-state index in [9.17, 15) is 4.79 Å². The maximum Gasteiger partial charge on any atom is 0.328 e. The van der Waals surface area contributed by atoms with E-state index in [1.807, 2.05) is 38.8 Å². The average molecular weight is 248 g/mol. The molecule has 0 radical (unpaired) electrons. The second-order valence-corrected chi connectivity index (χ2v) is 4.79. The minimum Gasteiger partial charge on any atom is -0.333 e. The quantitative estimate of drug-likeness (QED) is 0.811. The van der Waals surface area contributed by atoms with E-state index in [4.69, 9.17) is 0 Å². The Morgan fingerprint density at radius 2 is 2.06 bits per heavy atom. The highest BCUT2D eigenvalue weighted by Gasteiger charge is 2.08. The minimum atomic E-state index is 0.0363. The number of hydrogen-bond donors (Lipinski definition) is 0. The van der Waals surface area contributed by atoms with Crippen molar-refractivity contribution >= 4 is 0 Å². The van der Waals surface area contributed by atoms with Crippen LogP contribution < -0.4 is 5.69 Å². The Bertz CT molecular complexity index is 562. The van der Waals surface area contributed by atoms with Crippen molar-refractivity contribution in [2.24, 2.45) is 0 Å². The number of aromatic nitrogens is 4. The van der Waals surface area contributed by atoms with Crippen LogP contribution in [-0.2, 0) is 13.1 Å². The lowest BCUT2D eigenvalue weighted by Crippen LogP contribution is -2.26. The molecule has 0 bridgehead atoms. The Kier molecular flexibility index (Phi) is 3.69. The summed E-state index contributed by atoms with van der Waals surface area (Å²) >= 11 is 0. The topological polar surface area (TPSA) is 44.8 Å². The predicted molar refractivity (Wildman–Crippen MR) is 70.7 cm³/mol. The van der Waals surface area contributed by atoms with E-state index in [1.165, 1.54) is 0 Å². The lowest BCUT2D eigenvalue weighted by molar-refractivity contribution is 0.553. The zero-order valence-electron chi connectivity index (χ0n) is 11.2. The molecule has 2 aromatic rings. The Morgan fingerprint density at radius 3 is 2.67 bits per heavy atom. The van der Waals surface area contributed by atoms with Gasteiger partial charge in [0.2, 0.25) is 0 Å². The molecule has 0 spiro atoms. The first kappa shape index (κ1) is 12.7. The summed E-state index contributed by atoms with van der Waals surface area (Å²) in [7, 11) is 0. The number of imidazole rings is 2. The molecule has 0 amide bonds. The fourth-order valence-electron chi connectivity index (χ4n) is 2.04. The Balaban J connectivity index is 2.24. The molecule has 2 rings (SSSR count). The second kappa shape index (κ2) is 5.25. The summed E-state index contributed by atoms with van der Waals surface area (Å²) < 4.78 is 5.56. The summed E-state index contributed by atoms with van der Waals surface area (Å²) in [4.78, 5) is 16.3. The first-order valence-electron chi connectivity index (χ1n) is 6.39. The van der Waals surface area contributed by atoms with E-state index >= 15 is 0 Å². The molecule has 0 N–H and O–H groups in total. The van der Waals surface area contributed by atoms with Crippen LogP contribution in [-0.4, -0.2) is 18.7 Å². The van der Waals surface area contributed by atoms with Crippen molar-refractivity contribution in [3.05, 3.63) is 41.1 Å². The zero-order valence-corrected chi connectivity index (χ0v) is 11.2. The van der Waals surface area contributed by atoms with Gasteiger partial charge in [-0.15, -0.1) is 0 Å². The minimum absolute atomic E-state index is 0.0363. The molecule has 98 valence electrons. The summed E-state index contributed by atoms with van der Waals surface area (Å²) in [5, 5.41) is 0. The average Bonchev–Trinajstić information content (AvgIpc) is 2.89. The van der Waals surface area contributed by atoms with E-state index in [1.54, 1.807) is 9.13 Å². The smallest absolute Gasteiger partial charge is 0.328 e. The van der Waals surface area contributed by atoms with E-state index in [-0.39, 0.29) is 11.7 Å². The zero-order chi connectivity index (χ0) is 13.1. The molecule has 5 heteroatoms. The molecule has 5 nitrogen and oxygen atoms in total. The number of rotatable bonds is 5. The fraction of sp³-hybridized carbons (Fsp3) is 0.538. The molecule has 2 aromatic heterocycles. The van der Waals surface area contributed by atoms with Gasteiger partial charge in [-0.25, -0.2) is 9.78 Å². The maximum atomic E-state index is 12.1. The highest BCUT2D eigenvalue weighted by molar-refractivity contribution is 5.00. The maximum absolute atomic E-state index is 12.1. The van der Waals surface area contributed by atoms with Crippen molar-refractivity contribution in [3.8, 4) is 0 Å². The summed E-state index contributed by atoms with van der Waals surface area (Å²) in [6.45, 7) is 7.67. The number of hydrogen-bond acceptors (Lipinski definition) is 2. The van der Waals surface area contributed by atoms with Gasteiger partial charge in [0, 0.05) is 31.2 Å². The molecule has 0 fully saturated rings.